The van der Waals surface area contributed by atoms with Gasteiger partial charge in [-0.2, -0.15) is 0 Å². The highest BCUT2D eigenvalue weighted by molar-refractivity contribution is 7.80. The summed E-state index contributed by atoms with van der Waals surface area (Å²) in [6.07, 6.45) is 0.665. The van der Waals surface area contributed by atoms with Gasteiger partial charge in [0.05, 0.1) is 17.7 Å². The summed E-state index contributed by atoms with van der Waals surface area (Å²) in [5.74, 6) is -0.425. The molecule has 0 aromatic heterocycles. The topological polar surface area (TPSA) is 52.3 Å². The normalized spacial score (nSPS) is 11.7. The summed E-state index contributed by atoms with van der Waals surface area (Å²) in [7, 11) is 1.36. The van der Waals surface area contributed by atoms with Crippen molar-refractivity contribution in [1.29, 1.82) is 0 Å². The molecule has 0 amide bonds. The standard InChI is InChI=1S/C17H16ClNO2S/c1-21-17(20)13-4-2-11(3-5-13)10-15(16(19)22)12-6-8-14(18)9-7-12/h2-9,15H,10H2,1H3,(H2,19,22). The second-order valence-corrected chi connectivity index (χ2v) is 5.81. The van der Waals surface area contributed by atoms with Crippen LogP contribution in [0.2, 0.25) is 5.02 Å². The summed E-state index contributed by atoms with van der Waals surface area (Å²) in [5.41, 5.74) is 8.46. The zero-order valence-electron chi connectivity index (χ0n) is 12.1. The predicted molar refractivity (Wildman–Crippen MR) is 92.5 cm³/mol. The smallest absolute Gasteiger partial charge is 0.337 e. The van der Waals surface area contributed by atoms with Gasteiger partial charge in [-0.1, -0.05) is 48.1 Å². The maximum absolute atomic E-state index is 11.4. The summed E-state index contributed by atoms with van der Waals surface area (Å²) in [4.78, 5) is 11.9. The third-order valence-electron chi connectivity index (χ3n) is 3.43. The minimum atomic E-state index is -0.352. The Morgan fingerprint density at radius 2 is 1.77 bits per heavy atom. The van der Waals surface area contributed by atoms with Crippen molar-refractivity contribution in [3.8, 4) is 0 Å². The van der Waals surface area contributed by atoms with E-state index in [0.717, 1.165) is 11.1 Å². The van der Waals surface area contributed by atoms with Gasteiger partial charge in [0.25, 0.3) is 0 Å². The average Bonchev–Trinajstić information content (AvgIpc) is 2.53. The van der Waals surface area contributed by atoms with Gasteiger partial charge < -0.3 is 10.5 Å². The Hall–Kier alpha value is -1.91. The van der Waals surface area contributed by atoms with E-state index in [9.17, 15) is 4.79 Å². The number of rotatable bonds is 5. The lowest BCUT2D eigenvalue weighted by molar-refractivity contribution is 0.0600. The zero-order valence-corrected chi connectivity index (χ0v) is 13.7. The Balaban J connectivity index is 2.19. The number of methoxy groups -OCH3 is 1. The number of benzene rings is 2. The van der Waals surface area contributed by atoms with Gasteiger partial charge in [-0.15, -0.1) is 0 Å². The molecule has 0 radical (unpaired) electrons. The molecule has 1 unspecified atom stereocenters. The van der Waals surface area contributed by atoms with Gasteiger partial charge in [-0.3, -0.25) is 0 Å². The molecule has 2 rings (SSSR count). The Bertz CT molecular complexity index is 668. The number of ether oxygens (including phenoxy) is 1. The molecule has 0 aliphatic rings. The van der Waals surface area contributed by atoms with E-state index < -0.39 is 0 Å². The van der Waals surface area contributed by atoms with Crippen LogP contribution in [0.3, 0.4) is 0 Å². The third-order valence-corrected chi connectivity index (χ3v) is 3.97. The number of nitrogens with two attached hydrogens (primary N) is 1. The second kappa shape index (κ2) is 7.38. The van der Waals surface area contributed by atoms with Crippen LogP contribution in [-0.2, 0) is 11.2 Å². The molecule has 0 fully saturated rings. The van der Waals surface area contributed by atoms with Crippen molar-refractivity contribution in [2.75, 3.05) is 7.11 Å². The van der Waals surface area contributed by atoms with E-state index in [-0.39, 0.29) is 11.9 Å². The molecule has 0 bridgehead atoms. The molecule has 2 aromatic carbocycles. The predicted octanol–water partition coefficient (Wildman–Crippen LogP) is 3.74. The van der Waals surface area contributed by atoms with E-state index in [0.29, 0.717) is 22.0 Å². The fourth-order valence-electron chi connectivity index (χ4n) is 2.21. The van der Waals surface area contributed by atoms with Crippen molar-refractivity contribution in [2.24, 2.45) is 5.73 Å². The molecule has 5 heteroatoms. The summed E-state index contributed by atoms with van der Waals surface area (Å²) in [6, 6.07) is 14.7. The molecule has 0 saturated heterocycles. The van der Waals surface area contributed by atoms with Gasteiger partial charge in [0, 0.05) is 10.9 Å². The van der Waals surface area contributed by atoms with Gasteiger partial charge in [-0.05, 0) is 41.8 Å². The monoisotopic (exact) mass is 333 g/mol. The quantitative estimate of drug-likeness (QED) is 0.669. The maximum atomic E-state index is 11.4. The molecule has 2 N–H and O–H groups in total. The van der Waals surface area contributed by atoms with Crippen LogP contribution in [0.1, 0.15) is 27.4 Å². The Morgan fingerprint density at radius 1 is 1.18 bits per heavy atom. The SMILES string of the molecule is COC(=O)c1ccc(CC(C(N)=S)c2ccc(Cl)cc2)cc1. The van der Waals surface area contributed by atoms with Crippen LogP contribution in [0.4, 0.5) is 0 Å². The zero-order chi connectivity index (χ0) is 16.1. The van der Waals surface area contributed by atoms with Crippen molar-refractivity contribution in [3.63, 3.8) is 0 Å². The van der Waals surface area contributed by atoms with Crippen molar-refractivity contribution >= 4 is 34.8 Å². The lowest BCUT2D eigenvalue weighted by atomic mass is 9.91. The number of carbonyl (C=O) groups excluding carboxylic acids is 1. The number of carbonyl (C=O) groups is 1. The lowest BCUT2D eigenvalue weighted by Gasteiger charge is -2.16. The summed E-state index contributed by atoms with van der Waals surface area (Å²) < 4.78 is 4.68. The second-order valence-electron chi connectivity index (χ2n) is 4.90. The lowest BCUT2D eigenvalue weighted by Crippen LogP contribution is -2.21. The molecule has 0 heterocycles. The molecule has 3 nitrogen and oxygen atoms in total. The molecular weight excluding hydrogens is 318 g/mol. The molecule has 0 aliphatic carbocycles. The van der Waals surface area contributed by atoms with Gasteiger partial charge in [0.15, 0.2) is 0 Å². The summed E-state index contributed by atoms with van der Waals surface area (Å²) in [6.45, 7) is 0. The van der Waals surface area contributed by atoms with Crippen molar-refractivity contribution in [3.05, 3.63) is 70.2 Å². The summed E-state index contributed by atoms with van der Waals surface area (Å²) in [5, 5.41) is 0.674. The first-order chi connectivity index (χ1) is 10.5. The summed E-state index contributed by atoms with van der Waals surface area (Å²) >= 11 is 11.1. The molecule has 0 spiro atoms. The number of halogens is 1. The first-order valence-corrected chi connectivity index (χ1v) is 7.52. The highest BCUT2D eigenvalue weighted by Crippen LogP contribution is 2.23. The Kier molecular flexibility index (Phi) is 5.52. The van der Waals surface area contributed by atoms with E-state index in [2.05, 4.69) is 4.74 Å². The van der Waals surface area contributed by atoms with Gasteiger partial charge in [0.2, 0.25) is 0 Å². The number of hydrogen-bond acceptors (Lipinski definition) is 3. The Morgan fingerprint density at radius 3 is 2.27 bits per heavy atom. The van der Waals surface area contributed by atoms with Crippen LogP contribution in [0, 0.1) is 0 Å². The first-order valence-electron chi connectivity index (χ1n) is 6.73. The van der Waals surface area contributed by atoms with Gasteiger partial charge >= 0.3 is 5.97 Å². The largest absolute Gasteiger partial charge is 0.465 e. The van der Waals surface area contributed by atoms with Crippen molar-refractivity contribution in [2.45, 2.75) is 12.3 Å². The molecule has 0 saturated carbocycles. The average molecular weight is 334 g/mol. The first kappa shape index (κ1) is 16.5. The van der Waals surface area contributed by atoms with Crippen LogP contribution in [0.25, 0.3) is 0 Å². The third kappa shape index (κ3) is 4.06. The molecular formula is C17H16ClNO2S. The van der Waals surface area contributed by atoms with Crippen LogP contribution in [0.15, 0.2) is 48.5 Å². The van der Waals surface area contributed by atoms with Crippen molar-refractivity contribution in [1.82, 2.24) is 0 Å². The van der Waals surface area contributed by atoms with Crippen molar-refractivity contribution < 1.29 is 9.53 Å². The molecule has 114 valence electrons. The Labute approximate surface area is 140 Å². The van der Waals surface area contributed by atoms with E-state index in [4.69, 9.17) is 29.6 Å². The van der Waals surface area contributed by atoms with Crippen LogP contribution in [0.5, 0.6) is 0 Å². The van der Waals surface area contributed by atoms with Crippen LogP contribution < -0.4 is 5.73 Å². The molecule has 22 heavy (non-hydrogen) atoms. The molecule has 0 aliphatic heterocycles. The van der Waals surface area contributed by atoms with Crippen LogP contribution in [-0.4, -0.2) is 18.1 Å². The number of esters is 1. The fraction of sp³-hybridized carbons (Fsp3) is 0.176. The van der Waals surface area contributed by atoms with E-state index in [1.165, 1.54) is 7.11 Å². The minimum Gasteiger partial charge on any atom is -0.465 e. The maximum Gasteiger partial charge on any atom is 0.337 e. The highest BCUT2D eigenvalue weighted by Gasteiger charge is 2.16. The minimum absolute atomic E-state index is 0.0729. The number of thiocarbonyl (C=S) groups is 1. The van der Waals surface area contributed by atoms with E-state index >= 15 is 0 Å². The highest BCUT2D eigenvalue weighted by atomic mass is 35.5. The fourth-order valence-corrected chi connectivity index (χ4v) is 2.55. The van der Waals surface area contributed by atoms with Gasteiger partial charge in [0.1, 0.15) is 0 Å². The van der Waals surface area contributed by atoms with E-state index in [1.807, 2.05) is 36.4 Å². The van der Waals surface area contributed by atoms with Crippen LogP contribution >= 0.6 is 23.8 Å². The van der Waals surface area contributed by atoms with E-state index in [1.54, 1.807) is 12.1 Å². The number of hydrogen-bond donors (Lipinski definition) is 1. The molecule has 2 aromatic rings. The molecule has 1 atom stereocenters. The van der Waals surface area contributed by atoms with Gasteiger partial charge in [-0.25, -0.2) is 4.79 Å².